The molecule has 0 fully saturated rings. The molecule has 98 valence electrons. The lowest BCUT2D eigenvalue weighted by Crippen LogP contribution is -1.91. The van der Waals surface area contributed by atoms with E-state index >= 15 is 0 Å². The minimum Gasteiger partial charge on any atom is -0.338 e. The molecule has 0 unspecified atom stereocenters. The Balaban J connectivity index is 2.20. The first-order valence-electron chi connectivity index (χ1n) is 5.94. The zero-order valence-corrected chi connectivity index (χ0v) is 10.5. The van der Waals surface area contributed by atoms with E-state index in [0.717, 1.165) is 6.07 Å². The molecule has 0 bridgehead atoms. The van der Waals surface area contributed by atoms with Crippen LogP contribution in [0.5, 0.6) is 0 Å². The Morgan fingerprint density at radius 2 is 1.95 bits per heavy atom. The van der Waals surface area contributed by atoms with Crippen molar-refractivity contribution >= 4 is 11.0 Å². The summed E-state index contributed by atoms with van der Waals surface area (Å²) < 4.78 is 27.1. The summed E-state index contributed by atoms with van der Waals surface area (Å²) in [5, 5.41) is 8.85. The van der Waals surface area contributed by atoms with Gasteiger partial charge in [0.15, 0.2) is 0 Å². The van der Waals surface area contributed by atoms with Crippen molar-refractivity contribution in [1.29, 1.82) is 5.26 Å². The van der Waals surface area contributed by atoms with E-state index < -0.39 is 11.6 Å². The van der Waals surface area contributed by atoms with Gasteiger partial charge in [-0.1, -0.05) is 0 Å². The number of aryl methyl sites for hydroxylation is 1. The summed E-state index contributed by atoms with van der Waals surface area (Å²) >= 11 is 0. The summed E-state index contributed by atoms with van der Waals surface area (Å²) in [7, 11) is 0. The molecule has 0 saturated carbocycles. The molecule has 1 heterocycles. The first-order chi connectivity index (χ1) is 9.58. The fraction of sp³-hybridized carbons (Fsp3) is 0.0667. The summed E-state index contributed by atoms with van der Waals surface area (Å²) in [6, 6.07) is 9.24. The number of fused-ring (bicyclic) bond motifs is 1. The van der Waals surface area contributed by atoms with Crippen molar-refractivity contribution in [2.75, 3.05) is 0 Å². The van der Waals surface area contributed by atoms with Crippen molar-refractivity contribution in [2.24, 2.45) is 0 Å². The molecule has 2 aromatic carbocycles. The van der Waals surface area contributed by atoms with Crippen molar-refractivity contribution in [2.45, 2.75) is 6.92 Å². The number of H-pyrrole nitrogens is 1. The summed E-state index contributed by atoms with van der Waals surface area (Å²) in [4.78, 5) is 7.21. The Morgan fingerprint density at radius 3 is 2.70 bits per heavy atom. The highest BCUT2D eigenvalue weighted by Gasteiger charge is 2.13. The smallest absolute Gasteiger partial charge is 0.141 e. The van der Waals surface area contributed by atoms with E-state index in [1.165, 1.54) is 6.07 Å². The minimum atomic E-state index is -0.673. The Labute approximate surface area is 113 Å². The Hall–Kier alpha value is -2.74. The van der Waals surface area contributed by atoms with Gasteiger partial charge in [-0.05, 0) is 36.8 Å². The second-order valence-electron chi connectivity index (χ2n) is 4.51. The summed E-state index contributed by atoms with van der Waals surface area (Å²) in [6.07, 6.45) is 0. The SMILES string of the molecule is Cc1cc(-c2nc3ccc(C#N)cc3[nH]2)c(F)cc1F. The molecule has 0 aliphatic heterocycles. The van der Waals surface area contributed by atoms with Gasteiger partial charge < -0.3 is 4.98 Å². The summed E-state index contributed by atoms with van der Waals surface area (Å²) in [6.45, 7) is 1.56. The van der Waals surface area contributed by atoms with E-state index in [0.29, 0.717) is 28.0 Å². The number of rotatable bonds is 1. The van der Waals surface area contributed by atoms with Crippen LogP contribution >= 0.6 is 0 Å². The third-order valence-corrected chi connectivity index (χ3v) is 3.11. The molecule has 3 aromatic rings. The average Bonchev–Trinajstić information content (AvgIpc) is 2.85. The molecule has 0 saturated heterocycles. The van der Waals surface area contributed by atoms with Crippen molar-refractivity contribution in [1.82, 2.24) is 9.97 Å². The van der Waals surface area contributed by atoms with Gasteiger partial charge in [0.2, 0.25) is 0 Å². The van der Waals surface area contributed by atoms with Gasteiger partial charge >= 0.3 is 0 Å². The number of nitrogens with one attached hydrogen (secondary N) is 1. The molecule has 0 aliphatic carbocycles. The van der Waals surface area contributed by atoms with Crippen LogP contribution < -0.4 is 0 Å². The molecule has 3 rings (SSSR count). The number of benzene rings is 2. The van der Waals surface area contributed by atoms with Crippen molar-refractivity contribution in [3.8, 4) is 17.5 Å². The molecule has 20 heavy (non-hydrogen) atoms. The Morgan fingerprint density at radius 1 is 1.15 bits per heavy atom. The van der Waals surface area contributed by atoms with Crippen molar-refractivity contribution < 1.29 is 8.78 Å². The van der Waals surface area contributed by atoms with Gasteiger partial charge in [0.25, 0.3) is 0 Å². The zero-order valence-electron chi connectivity index (χ0n) is 10.5. The first kappa shape index (κ1) is 12.3. The van der Waals surface area contributed by atoms with Crippen LogP contribution in [-0.4, -0.2) is 9.97 Å². The molecular formula is C15H9F2N3. The standard InChI is InChI=1S/C15H9F2N3/c1-8-4-10(12(17)6-11(8)16)15-19-13-3-2-9(7-18)5-14(13)20-15/h2-6H,1H3,(H,19,20). The third kappa shape index (κ3) is 1.91. The van der Waals surface area contributed by atoms with E-state index in [2.05, 4.69) is 9.97 Å². The lowest BCUT2D eigenvalue weighted by Gasteiger charge is -2.02. The van der Waals surface area contributed by atoms with Crippen LogP contribution in [0.25, 0.3) is 22.4 Å². The van der Waals surface area contributed by atoms with Gasteiger partial charge in [-0.25, -0.2) is 13.8 Å². The number of hydrogen-bond donors (Lipinski definition) is 1. The van der Waals surface area contributed by atoms with E-state index in [1.54, 1.807) is 25.1 Å². The van der Waals surface area contributed by atoms with Crippen LogP contribution in [0.4, 0.5) is 8.78 Å². The fourth-order valence-electron chi connectivity index (χ4n) is 2.05. The fourth-order valence-corrected chi connectivity index (χ4v) is 2.05. The van der Waals surface area contributed by atoms with Gasteiger partial charge in [-0.3, -0.25) is 0 Å². The highest BCUT2D eigenvalue weighted by molar-refractivity contribution is 5.80. The van der Waals surface area contributed by atoms with Crippen molar-refractivity contribution in [3.63, 3.8) is 0 Å². The predicted molar refractivity (Wildman–Crippen MR) is 70.9 cm³/mol. The van der Waals surface area contributed by atoms with E-state index in [4.69, 9.17) is 5.26 Å². The highest BCUT2D eigenvalue weighted by Crippen LogP contribution is 2.25. The van der Waals surface area contributed by atoms with E-state index in [9.17, 15) is 8.78 Å². The Bertz CT molecular complexity index is 859. The summed E-state index contributed by atoms with van der Waals surface area (Å²) in [5.41, 5.74) is 2.31. The molecule has 0 atom stereocenters. The maximum Gasteiger partial charge on any atom is 0.141 e. The van der Waals surface area contributed by atoms with Gasteiger partial charge in [-0.15, -0.1) is 0 Å². The van der Waals surface area contributed by atoms with Crippen LogP contribution in [-0.2, 0) is 0 Å². The van der Waals surface area contributed by atoms with Crippen molar-refractivity contribution in [3.05, 3.63) is 53.1 Å². The monoisotopic (exact) mass is 269 g/mol. The lowest BCUT2D eigenvalue weighted by molar-refractivity contribution is 0.579. The van der Waals surface area contributed by atoms with Crippen LogP contribution in [0.3, 0.4) is 0 Å². The predicted octanol–water partition coefficient (Wildman–Crippen LogP) is 3.69. The maximum atomic E-state index is 13.8. The van der Waals surface area contributed by atoms with Crippen LogP contribution in [0.15, 0.2) is 30.3 Å². The minimum absolute atomic E-state index is 0.207. The van der Waals surface area contributed by atoms with E-state index in [-0.39, 0.29) is 5.56 Å². The molecule has 0 radical (unpaired) electrons. The zero-order chi connectivity index (χ0) is 14.3. The average molecular weight is 269 g/mol. The molecule has 0 amide bonds. The quantitative estimate of drug-likeness (QED) is 0.732. The lowest BCUT2D eigenvalue weighted by atomic mass is 10.1. The number of hydrogen-bond acceptors (Lipinski definition) is 2. The number of imidazole rings is 1. The van der Waals surface area contributed by atoms with Gasteiger partial charge in [0.05, 0.1) is 28.2 Å². The molecule has 0 spiro atoms. The molecule has 1 N–H and O–H groups in total. The molecule has 3 nitrogen and oxygen atoms in total. The normalized spacial score (nSPS) is 10.7. The number of halogens is 2. The van der Waals surface area contributed by atoms with Crippen LogP contribution in [0.1, 0.15) is 11.1 Å². The topological polar surface area (TPSA) is 52.5 Å². The molecule has 1 aromatic heterocycles. The summed E-state index contributed by atoms with van der Waals surface area (Å²) in [5.74, 6) is -0.947. The highest BCUT2D eigenvalue weighted by atomic mass is 19.1. The largest absolute Gasteiger partial charge is 0.338 e. The number of aromatic amines is 1. The van der Waals surface area contributed by atoms with Crippen LogP contribution in [0, 0.1) is 29.9 Å². The molecule has 5 heteroatoms. The van der Waals surface area contributed by atoms with Gasteiger partial charge in [-0.2, -0.15) is 5.26 Å². The maximum absolute atomic E-state index is 13.8. The Kier molecular flexibility index (Phi) is 2.72. The number of aromatic nitrogens is 2. The first-order valence-corrected chi connectivity index (χ1v) is 5.94. The van der Waals surface area contributed by atoms with Gasteiger partial charge in [0.1, 0.15) is 17.5 Å². The molecule has 0 aliphatic rings. The van der Waals surface area contributed by atoms with E-state index in [1.807, 2.05) is 6.07 Å². The second kappa shape index (κ2) is 4.42. The number of nitrogens with zero attached hydrogens (tertiary/aromatic N) is 2. The molecular weight excluding hydrogens is 260 g/mol. The second-order valence-corrected chi connectivity index (χ2v) is 4.51. The van der Waals surface area contributed by atoms with Gasteiger partial charge in [0, 0.05) is 6.07 Å². The van der Waals surface area contributed by atoms with Crippen LogP contribution in [0.2, 0.25) is 0 Å². The third-order valence-electron chi connectivity index (χ3n) is 3.11. The number of nitriles is 1.